The first-order valence-electron chi connectivity index (χ1n) is 6.75. The molecular formula is C15H24N2O. The molecule has 0 aliphatic heterocycles. The van der Waals surface area contributed by atoms with E-state index in [0.29, 0.717) is 0 Å². The lowest BCUT2D eigenvalue weighted by Gasteiger charge is -2.16. The van der Waals surface area contributed by atoms with Crippen molar-refractivity contribution in [1.82, 2.24) is 5.32 Å². The number of benzene rings is 1. The average Bonchev–Trinajstić information content (AvgIpc) is 2.37. The lowest BCUT2D eigenvalue weighted by atomic mass is 10.2. The molecule has 0 aliphatic carbocycles. The van der Waals surface area contributed by atoms with Gasteiger partial charge in [-0.1, -0.05) is 38.0 Å². The van der Waals surface area contributed by atoms with Crippen LogP contribution in [0.5, 0.6) is 0 Å². The molecule has 1 rings (SSSR count). The fourth-order valence-corrected chi connectivity index (χ4v) is 1.77. The van der Waals surface area contributed by atoms with Gasteiger partial charge in [0.1, 0.15) is 6.04 Å². The van der Waals surface area contributed by atoms with Gasteiger partial charge in [0, 0.05) is 12.2 Å². The molecule has 0 bridgehead atoms. The Morgan fingerprint density at radius 1 is 1.28 bits per heavy atom. The minimum atomic E-state index is -0.201. The van der Waals surface area contributed by atoms with Crippen molar-refractivity contribution in [2.45, 2.75) is 46.1 Å². The van der Waals surface area contributed by atoms with Crippen LogP contribution in [0, 0.1) is 6.92 Å². The van der Waals surface area contributed by atoms with Crippen LogP contribution in [0.25, 0.3) is 0 Å². The highest BCUT2D eigenvalue weighted by Crippen LogP contribution is 2.14. The number of nitrogens with one attached hydrogen (secondary N) is 2. The van der Waals surface area contributed by atoms with Gasteiger partial charge in [-0.05, 0) is 31.9 Å². The van der Waals surface area contributed by atoms with E-state index < -0.39 is 0 Å². The molecule has 100 valence electrons. The van der Waals surface area contributed by atoms with Crippen LogP contribution in [0.1, 0.15) is 38.7 Å². The van der Waals surface area contributed by atoms with Gasteiger partial charge in [0.05, 0.1) is 0 Å². The van der Waals surface area contributed by atoms with Crippen molar-refractivity contribution in [3.05, 3.63) is 29.8 Å². The molecule has 3 heteroatoms. The quantitative estimate of drug-likeness (QED) is 0.728. The van der Waals surface area contributed by atoms with Crippen molar-refractivity contribution in [2.24, 2.45) is 0 Å². The molecular weight excluding hydrogens is 224 g/mol. The smallest absolute Gasteiger partial charge is 0.242 e. The van der Waals surface area contributed by atoms with E-state index in [0.717, 1.165) is 24.2 Å². The van der Waals surface area contributed by atoms with E-state index in [4.69, 9.17) is 0 Å². The van der Waals surface area contributed by atoms with E-state index >= 15 is 0 Å². The summed E-state index contributed by atoms with van der Waals surface area (Å²) >= 11 is 0. The normalized spacial score (nSPS) is 11.9. The molecule has 1 unspecified atom stereocenters. The van der Waals surface area contributed by atoms with Crippen LogP contribution in [0.15, 0.2) is 24.3 Å². The maximum atomic E-state index is 11.8. The van der Waals surface area contributed by atoms with E-state index in [2.05, 4.69) is 17.6 Å². The van der Waals surface area contributed by atoms with Gasteiger partial charge < -0.3 is 10.6 Å². The third-order valence-corrected chi connectivity index (χ3v) is 2.99. The van der Waals surface area contributed by atoms with E-state index in [9.17, 15) is 4.79 Å². The second-order valence-corrected chi connectivity index (χ2v) is 4.68. The van der Waals surface area contributed by atoms with Crippen molar-refractivity contribution in [2.75, 3.05) is 11.9 Å². The number of unbranched alkanes of at least 4 members (excludes halogenated alkanes) is 2. The second-order valence-electron chi connectivity index (χ2n) is 4.68. The Labute approximate surface area is 110 Å². The van der Waals surface area contributed by atoms with Crippen molar-refractivity contribution in [3.63, 3.8) is 0 Å². The molecule has 0 spiro atoms. The monoisotopic (exact) mass is 248 g/mol. The number of aryl methyl sites for hydroxylation is 1. The van der Waals surface area contributed by atoms with Gasteiger partial charge in [0.15, 0.2) is 0 Å². The minimum absolute atomic E-state index is 0.0642. The fraction of sp³-hybridized carbons (Fsp3) is 0.533. The molecule has 1 atom stereocenters. The van der Waals surface area contributed by atoms with Gasteiger partial charge in [0.2, 0.25) is 5.91 Å². The van der Waals surface area contributed by atoms with Gasteiger partial charge in [-0.3, -0.25) is 4.79 Å². The summed E-state index contributed by atoms with van der Waals surface area (Å²) in [5.41, 5.74) is 2.18. The summed E-state index contributed by atoms with van der Waals surface area (Å²) in [7, 11) is 0. The molecule has 0 aromatic heterocycles. The summed E-state index contributed by atoms with van der Waals surface area (Å²) in [5, 5.41) is 6.19. The van der Waals surface area contributed by atoms with Gasteiger partial charge in [-0.2, -0.15) is 0 Å². The maximum Gasteiger partial charge on any atom is 0.242 e. The van der Waals surface area contributed by atoms with Crippen LogP contribution in [0.4, 0.5) is 5.69 Å². The number of para-hydroxylation sites is 1. The number of anilines is 1. The molecule has 2 N–H and O–H groups in total. The lowest BCUT2D eigenvalue weighted by molar-refractivity contribution is -0.121. The molecule has 0 saturated carbocycles. The highest BCUT2D eigenvalue weighted by Gasteiger charge is 2.12. The zero-order valence-electron chi connectivity index (χ0n) is 11.6. The SMILES string of the molecule is CCCCCNC(=O)C(C)Nc1ccccc1C. The van der Waals surface area contributed by atoms with Crippen LogP contribution in [-0.2, 0) is 4.79 Å². The predicted molar refractivity (Wildman–Crippen MR) is 76.8 cm³/mol. The number of rotatable bonds is 7. The zero-order valence-corrected chi connectivity index (χ0v) is 11.6. The van der Waals surface area contributed by atoms with E-state index in [1.54, 1.807) is 0 Å². The minimum Gasteiger partial charge on any atom is -0.374 e. The summed E-state index contributed by atoms with van der Waals surface area (Å²) in [6, 6.07) is 7.80. The highest BCUT2D eigenvalue weighted by molar-refractivity contribution is 5.84. The van der Waals surface area contributed by atoms with Crippen molar-refractivity contribution in [1.29, 1.82) is 0 Å². The predicted octanol–water partition coefficient (Wildman–Crippen LogP) is 3.10. The van der Waals surface area contributed by atoms with Crippen molar-refractivity contribution in [3.8, 4) is 0 Å². The third-order valence-electron chi connectivity index (χ3n) is 2.99. The summed E-state index contributed by atoms with van der Waals surface area (Å²) < 4.78 is 0. The summed E-state index contributed by atoms with van der Waals surface area (Å²) in [6.45, 7) is 6.85. The van der Waals surface area contributed by atoms with Gasteiger partial charge in [-0.25, -0.2) is 0 Å². The Morgan fingerprint density at radius 3 is 2.67 bits per heavy atom. The van der Waals surface area contributed by atoms with E-state index in [1.807, 2.05) is 38.1 Å². The number of hydrogen-bond acceptors (Lipinski definition) is 2. The molecule has 1 aromatic carbocycles. The Balaban J connectivity index is 2.38. The zero-order chi connectivity index (χ0) is 13.4. The Morgan fingerprint density at radius 2 is 2.00 bits per heavy atom. The van der Waals surface area contributed by atoms with Gasteiger partial charge in [-0.15, -0.1) is 0 Å². The van der Waals surface area contributed by atoms with E-state index in [-0.39, 0.29) is 11.9 Å². The number of carbonyl (C=O) groups is 1. The number of amides is 1. The molecule has 0 fully saturated rings. The third kappa shape index (κ3) is 4.78. The average molecular weight is 248 g/mol. The summed E-state index contributed by atoms with van der Waals surface area (Å²) in [5.74, 6) is 0.0642. The maximum absolute atomic E-state index is 11.8. The molecule has 3 nitrogen and oxygen atoms in total. The van der Waals surface area contributed by atoms with Crippen LogP contribution in [-0.4, -0.2) is 18.5 Å². The first-order chi connectivity index (χ1) is 8.65. The Bertz CT molecular complexity index is 377. The molecule has 1 aromatic rings. The second kappa shape index (κ2) is 7.75. The topological polar surface area (TPSA) is 41.1 Å². The fourth-order valence-electron chi connectivity index (χ4n) is 1.77. The van der Waals surface area contributed by atoms with Crippen molar-refractivity contribution >= 4 is 11.6 Å². The summed E-state index contributed by atoms with van der Waals surface area (Å²) in [4.78, 5) is 11.8. The van der Waals surface area contributed by atoms with E-state index in [1.165, 1.54) is 12.8 Å². The first-order valence-corrected chi connectivity index (χ1v) is 6.75. The summed E-state index contributed by atoms with van der Waals surface area (Å²) in [6.07, 6.45) is 3.39. The van der Waals surface area contributed by atoms with Gasteiger partial charge >= 0.3 is 0 Å². The standard InChI is InChI=1S/C15H24N2O/c1-4-5-8-11-16-15(18)13(3)17-14-10-7-6-9-12(14)2/h6-7,9-10,13,17H,4-5,8,11H2,1-3H3,(H,16,18). The molecule has 0 radical (unpaired) electrons. The molecule has 1 amide bonds. The lowest BCUT2D eigenvalue weighted by Crippen LogP contribution is -2.38. The van der Waals surface area contributed by atoms with Crippen molar-refractivity contribution < 1.29 is 4.79 Å². The van der Waals surface area contributed by atoms with Crippen LogP contribution in [0.3, 0.4) is 0 Å². The molecule has 0 heterocycles. The Kier molecular flexibility index (Phi) is 6.26. The Hall–Kier alpha value is -1.51. The number of carbonyl (C=O) groups excluding carboxylic acids is 1. The van der Waals surface area contributed by atoms with Crippen LogP contribution < -0.4 is 10.6 Å². The number of hydrogen-bond donors (Lipinski definition) is 2. The van der Waals surface area contributed by atoms with Gasteiger partial charge in [0.25, 0.3) is 0 Å². The first kappa shape index (κ1) is 14.6. The molecule has 0 aliphatic rings. The molecule has 18 heavy (non-hydrogen) atoms. The largest absolute Gasteiger partial charge is 0.374 e. The molecule has 0 saturated heterocycles. The van der Waals surface area contributed by atoms with Crippen LogP contribution in [0.2, 0.25) is 0 Å². The highest BCUT2D eigenvalue weighted by atomic mass is 16.2. The van der Waals surface area contributed by atoms with Crippen LogP contribution >= 0.6 is 0 Å².